The number of guanidine groups is 1. The van der Waals surface area contributed by atoms with Crippen LogP contribution < -0.4 is 10.6 Å². The van der Waals surface area contributed by atoms with E-state index in [4.69, 9.17) is 4.74 Å². The van der Waals surface area contributed by atoms with Crippen LogP contribution in [0.4, 0.5) is 4.39 Å². The third kappa shape index (κ3) is 6.20. The van der Waals surface area contributed by atoms with Crippen LogP contribution in [0.25, 0.3) is 0 Å². The topological polar surface area (TPSA) is 45.7 Å². The molecule has 0 unspecified atom stereocenters. The summed E-state index contributed by atoms with van der Waals surface area (Å²) in [5.74, 6) is 0.635. The molecular formula is C18H29FIN3O. The Morgan fingerprint density at radius 1 is 1.29 bits per heavy atom. The van der Waals surface area contributed by atoms with Gasteiger partial charge in [0.05, 0.1) is 0 Å². The second-order valence-electron chi connectivity index (χ2n) is 6.29. The number of nitrogens with one attached hydrogen (secondary N) is 2. The van der Waals surface area contributed by atoms with Crippen molar-refractivity contribution in [3.8, 4) is 0 Å². The Morgan fingerprint density at radius 2 is 2.04 bits per heavy atom. The minimum atomic E-state index is -0.148. The zero-order chi connectivity index (χ0) is 16.5. The average Bonchev–Trinajstić information content (AvgIpc) is 2.53. The number of ether oxygens (including phenoxy) is 1. The molecule has 0 saturated heterocycles. The Bertz CT molecular complexity index is 521. The number of halogens is 2. The van der Waals surface area contributed by atoms with Crippen LogP contribution >= 0.6 is 24.0 Å². The molecule has 1 aromatic rings. The Balaban J connectivity index is 0.00000288. The van der Waals surface area contributed by atoms with Crippen molar-refractivity contribution in [3.63, 3.8) is 0 Å². The summed E-state index contributed by atoms with van der Waals surface area (Å²) >= 11 is 0. The van der Waals surface area contributed by atoms with Gasteiger partial charge in [-0.2, -0.15) is 0 Å². The van der Waals surface area contributed by atoms with E-state index in [0.29, 0.717) is 18.4 Å². The highest BCUT2D eigenvalue weighted by molar-refractivity contribution is 14.0. The van der Waals surface area contributed by atoms with Crippen LogP contribution in [0.15, 0.2) is 29.3 Å². The van der Waals surface area contributed by atoms with Crippen molar-refractivity contribution in [2.24, 2.45) is 10.4 Å². The molecule has 0 atom stereocenters. The van der Waals surface area contributed by atoms with E-state index in [-0.39, 0.29) is 29.8 Å². The highest BCUT2D eigenvalue weighted by Crippen LogP contribution is 2.43. The largest absolute Gasteiger partial charge is 0.385 e. The number of hydrogen-bond acceptors (Lipinski definition) is 2. The zero-order valence-electron chi connectivity index (χ0n) is 14.6. The second-order valence-corrected chi connectivity index (χ2v) is 6.29. The van der Waals surface area contributed by atoms with E-state index in [2.05, 4.69) is 15.6 Å². The van der Waals surface area contributed by atoms with E-state index in [1.54, 1.807) is 20.2 Å². The lowest BCUT2D eigenvalue weighted by atomic mass is 9.67. The Kier molecular flexibility index (Phi) is 9.58. The number of methoxy groups -OCH3 is 1. The predicted molar refractivity (Wildman–Crippen MR) is 108 cm³/mol. The minimum absolute atomic E-state index is 0. The number of rotatable bonds is 8. The summed E-state index contributed by atoms with van der Waals surface area (Å²) in [6.45, 7) is 2.38. The van der Waals surface area contributed by atoms with Gasteiger partial charge in [0, 0.05) is 33.9 Å². The van der Waals surface area contributed by atoms with Crippen LogP contribution in [0.2, 0.25) is 0 Å². The van der Waals surface area contributed by atoms with Gasteiger partial charge in [0.1, 0.15) is 5.82 Å². The second kappa shape index (κ2) is 10.9. The SMILES string of the molecule is CN=C(NCCc1ccccc1F)NCC1(CCOC)CCC1.I. The molecule has 0 bridgehead atoms. The summed E-state index contributed by atoms with van der Waals surface area (Å²) < 4.78 is 18.8. The molecule has 4 nitrogen and oxygen atoms in total. The van der Waals surface area contributed by atoms with Gasteiger partial charge in [-0.1, -0.05) is 24.6 Å². The molecule has 1 aromatic carbocycles. The lowest BCUT2D eigenvalue weighted by Gasteiger charge is -2.42. The number of benzene rings is 1. The van der Waals surface area contributed by atoms with E-state index in [0.717, 1.165) is 31.1 Å². The smallest absolute Gasteiger partial charge is 0.191 e. The summed E-state index contributed by atoms with van der Waals surface area (Å²) in [5, 5.41) is 6.67. The van der Waals surface area contributed by atoms with Crippen molar-refractivity contribution < 1.29 is 9.13 Å². The van der Waals surface area contributed by atoms with Gasteiger partial charge in [0.15, 0.2) is 5.96 Å². The van der Waals surface area contributed by atoms with Crippen molar-refractivity contribution in [2.45, 2.75) is 32.1 Å². The maximum Gasteiger partial charge on any atom is 0.191 e. The fourth-order valence-corrected chi connectivity index (χ4v) is 3.02. The maximum atomic E-state index is 13.6. The van der Waals surface area contributed by atoms with Crippen molar-refractivity contribution in [1.29, 1.82) is 0 Å². The van der Waals surface area contributed by atoms with E-state index < -0.39 is 0 Å². The quantitative estimate of drug-likeness (QED) is 0.364. The molecule has 6 heteroatoms. The standard InChI is InChI=1S/C18H28FN3O.HI/c1-20-17(21-12-8-15-6-3-4-7-16(15)19)22-14-18(9-5-10-18)11-13-23-2;/h3-4,6-7H,5,8-14H2,1-2H3,(H2,20,21,22);1H. The molecule has 136 valence electrons. The van der Waals surface area contributed by atoms with Gasteiger partial charge in [0.2, 0.25) is 0 Å². The molecule has 2 N–H and O–H groups in total. The number of aliphatic imine (C=N–C) groups is 1. The highest BCUT2D eigenvalue weighted by Gasteiger charge is 2.36. The normalized spacial score (nSPS) is 16.0. The summed E-state index contributed by atoms with van der Waals surface area (Å²) in [4.78, 5) is 4.25. The van der Waals surface area contributed by atoms with Crippen LogP contribution in [0.3, 0.4) is 0 Å². The summed E-state index contributed by atoms with van der Waals surface area (Å²) in [5.41, 5.74) is 1.07. The average molecular weight is 449 g/mol. The third-order valence-electron chi connectivity index (χ3n) is 4.75. The fraction of sp³-hybridized carbons (Fsp3) is 0.611. The van der Waals surface area contributed by atoms with Gasteiger partial charge in [-0.3, -0.25) is 4.99 Å². The maximum absolute atomic E-state index is 13.6. The molecule has 0 radical (unpaired) electrons. The van der Waals surface area contributed by atoms with Gasteiger partial charge in [-0.15, -0.1) is 24.0 Å². The summed E-state index contributed by atoms with van der Waals surface area (Å²) in [6.07, 6.45) is 5.51. The lowest BCUT2D eigenvalue weighted by Crippen LogP contribution is -2.47. The van der Waals surface area contributed by atoms with Crippen molar-refractivity contribution in [1.82, 2.24) is 10.6 Å². The van der Waals surface area contributed by atoms with Crippen LogP contribution in [0, 0.1) is 11.2 Å². The third-order valence-corrected chi connectivity index (χ3v) is 4.75. The Hall–Kier alpha value is -0.890. The molecule has 0 heterocycles. The Morgan fingerprint density at radius 3 is 2.62 bits per heavy atom. The van der Waals surface area contributed by atoms with Crippen LogP contribution in [0.1, 0.15) is 31.2 Å². The van der Waals surface area contributed by atoms with Crippen LogP contribution in [-0.2, 0) is 11.2 Å². The Labute approximate surface area is 161 Å². The highest BCUT2D eigenvalue weighted by atomic mass is 127. The molecule has 0 spiro atoms. The summed E-state index contributed by atoms with van der Waals surface area (Å²) in [7, 11) is 3.52. The summed E-state index contributed by atoms with van der Waals surface area (Å²) in [6, 6.07) is 6.90. The fourth-order valence-electron chi connectivity index (χ4n) is 3.02. The zero-order valence-corrected chi connectivity index (χ0v) is 16.9. The lowest BCUT2D eigenvalue weighted by molar-refractivity contribution is 0.0732. The van der Waals surface area contributed by atoms with Gasteiger partial charge in [0.25, 0.3) is 0 Å². The van der Waals surface area contributed by atoms with E-state index in [1.807, 2.05) is 12.1 Å². The van der Waals surface area contributed by atoms with E-state index >= 15 is 0 Å². The molecule has 2 rings (SSSR count). The molecule has 0 aromatic heterocycles. The van der Waals surface area contributed by atoms with E-state index in [9.17, 15) is 4.39 Å². The van der Waals surface area contributed by atoms with Crippen LogP contribution in [-0.4, -0.2) is 39.8 Å². The van der Waals surface area contributed by atoms with E-state index in [1.165, 1.54) is 25.3 Å². The molecule has 0 aliphatic heterocycles. The first-order chi connectivity index (χ1) is 11.2. The molecule has 1 fully saturated rings. The first-order valence-electron chi connectivity index (χ1n) is 8.36. The molecular weight excluding hydrogens is 420 g/mol. The molecule has 1 saturated carbocycles. The molecule has 1 aliphatic rings. The monoisotopic (exact) mass is 449 g/mol. The van der Waals surface area contributed by atoms with Gasteiger partial charge < -0.3 is 15.4 Å². The van der Waals surface area contributed by atoms with Crippen molar-refractivity contribution >= 4 is 29.9 Å². The van der Waals surface area contributed by atoms with Gasteiger partial charge in [-0.25, -0.2) is 4.39 Å². The molecule has 0 amide bonds. The van der Waals surface area contributed by atoms with Crippen molar-refractivity contribution in [3.05, 3.63) is 35.6 Å². The first kappa shape index (κ1) is 21.2. The first-order valence-corrected chi connectivity index (χ1v) is 8.36. The number of hydrogen-bond donors (Lipinski definition) is 2. The van der Waals surface area contributed by atoms with Gasteiger partial charge >= 0.3 is 0 Å². The van der Waals surface area contributed by atoms with Crippen molar-refractivity contribution in [2.75, 3.05) is 33.9 Å². The molecule has 1 aliphatic carbocycles. The van der Waals surface area contributed by atoms with Crippen LogP contribution in [0.5, 0.6) is 0 Å². The minimum Gasteiger partial charge on any atom is -0.385 e. The number of nitrogens with zero attached hydrogens (tertiary/aromatic N) is 1. The molecule has 24 heavy (non-hydrogen) atoms. The van der Waals surface area contributed by atoms with Gasteiger partial charge in [-0.05, 0) is 42.7 Å². The predicted octanol–water partition coefficient (Wildman–Crippen LogP) is 3.36.